The summed E-state index contributed by atoms with van der Waals surface area (Å²) in [6.45, 7) is 15.1. The monoisotopic (exact) mass is 504 g/mol. The molecule has 0 radical (unpaired) electrons. The van der Waals surface area contributed by atoms with Crippen molar-refractivity contribution in [3.05, 3.63) is 24.3 Å². The van der Waals surface area contributed by atoms with Gasteiger partial charge >= 0.3 is 11.9 Å². The van der Waals surface area contributed by atoms with E-state index >= 15 is 0 Å². The average molecular weight is 505 g/mol. The molecule has 5 nitrogen and oxygen atoms in total. The Morgan fingerprint density at radius 3 is 1.92 bits per heavy atom. The lowest BCUT2D eigenvalue weighted by molar-refractivity contribution is -0.146. The van der Waals surface area contributed by atoms with E-state index in [4.69, 9.17) is 9.47 Å². The second-order valence-electron chi connectivity index (χ2n) is 12.3. The van der Waals surface area contributed by atoms with Crippen LogP contribution in [0.25, 0.3) is 0 Å². The van der Waals surface area contributed by atoms with Gasteiger partial charge in [0.05, 0.1) is 18.8 Å². The summed E-state index contributed by atoms with van der Waals surface area (Å²) < 4.78 is 11.1. The second-order valence-corrected chi connectivity index (χ2v) is 12.3. The molecule has 0 aromatic rings. The van der Waals surface area contributed by atoms with Gasteiger partial charge in [-0.1, -0.05) is 58.6 Å². The van der Waals surface area contributed by atoms with Crippen molar-refractivity contribution in [1.82, 2.24) is 0 Å². The minimum Gasteiger partial charge on any atom is -0.462 e. The molecular formula is C31H52O5. The Hall–Kier alpha value is -1.62. The van der Waals surface area contributed by atoms with Gasteiger partial charge in [0.1, 0.15) is 0 Å². The summed E-state index contributed by atoms with van der Waals surface area (Å²) in [5.41, 5.74) is -0.382. The number of hydrogen-bond acceptors (Lipinski definition) is 5. The number of carbonyl (C=O) groups excluding carboxylic acids is 2. The smallest absolute Gasteiger partial charge is 0.333 e. The van der Waals surface area contributed by atoms with Crippen molar-refractivity contribution in [3.8, 4) is 0 Å². The molecule has 0 saturated heterocycles. The number of aliphatic hydroxyl groups is 1. The third-order valence-corrected chi connectivity index (χ3v) is 8.40. The van der Waals surface area contributed by atoms with Crippen molar-refractivity contribution in [1.29, 1.82) is 0 Å². The Kier molecular flexibility index (Phi) is 12.7. The number of hydrogen-bond donors (Lipinski definition) is 1. The van der Waals surface area contributed by atoms with Crippen molar-refractivity contribution >= 4 is 11.9 Å². The molecule has 36 heavy (non-hydrogen) atoms. The molecule has 2 saturated carbocycles. The number of unbranched alkanes of at least 4 members (excludes halogenated alkanes) is 2. The van der Waals surface area contributed by atoms with Crippen LogP contribution < -0.4 is 0 Å². The predicted molar refractivity (Wildman–Crippen MR) is 145 cm³/mol. The first-order chi connectivity index (χ1) is 17.0. The van der Waals surface area contributed by atoms with Crippen molar-refractivity contribution in [2.24, 2.45) is 29.6 Å². The molecule has 0 aromatic heterocycles. The van der Waals surface area contributed by atoms with Gasteiger partial charge in [-0.2, -0.15) is 0 Å². The summed E-state index contributed by atoms with van der Waals surface area (Å²) in [6.07, 6.45) is 15.8. The standard InChI is InChI=1S/C31H52O5/c1-7-8-9-10-24-11-13-25(14-12-24)26-15-17-27(18-16-26)28(20-35-29(32)22(2)3)21-36-30(33)23(4)19-31(5,6)34/h24-28,34H,2,4,7-21H2,1,3,5-6H3. The maximum Gasteiger partial charge on any atom is 0.333 e. The van der Waals surface area contributed by atoms with Crippen LogP contribution in [0.15, 0.2) is 24.3 Å². The van der Waals surface area contributed by atoms with Gasteiger partial charge in [-0.3, -0.25) is 0 Å². The van der Waals surface area contributed by atoms with E-state index in [-0.39, 0.29) is 31.1 Å². The molecule has 5 heteroatoms. The molecule has 1 N–H and O–H groups in total. The summed E-state index contributed by atoms with van der Waals surface area (Å²) in [5, 5.41) is 9.98. The summed E-state index contributed by atoms with van der Waals surface area (Å²) >= 11 is 0. The lowest BCUT2D eigenvalue weighted by Gasteiger charge is -2.39. The second kappa shape index (κ2) is 15.0. The molecule has 0 spiro atoms. The summed E-state index contributed by atoms with van der Waals surface area (Å²) in [5.74, 6) is 2.03. The van der Waals surface area contributed by atoms with Gasteiger partial charge in [0.15, 0.2) is 0 Å². The Morgan fingerprint density at radius 2 is 1.42 bits per heavy atom. The maximum atomic E-state index is 12.5. The third-order valence-electron chi connectivity index (χ3n) is 8.40. The Labute approximate surface area is 220 Å². The number of rotatable bonds is 14. The fraction of sp³-hybridized carbons (Fsp3) is 0.806. The molecule has 2 rings (SSSR count). The highest BCUT2D eigenvalue weighted by molar-refractivity contribution is 5.88. The molecule has 2 fully saturated rings. The van der Waals surface area contributed by atoms with E-state index in [0.717, 1.165) is 30.6 Å². The molecule has 0 heterocycles. The first-order valence-corrected chi connectivity index (χ1v) is 14.4. The van der Waals surface area contributed by atoms with Gasteiger partial charge < -0.3 is 14.6 Å². The SMILES string of the molecule is C=C(C)C(=O)OCC(COC(=O)C(=C)CC(C)(C)O)C1CCC(C2CCC(CCCCC)CC2)CC1. The van der Waals surface area contributed by atoms with Crippen molar-refractivity contribution in [3.63, 3.8) is 0 Å². The molecule has 1 unspecified atom stereocenters. The molecule has 2 aliphatic rings. The van der Waals surface area contributed by atoms with Crippen molar-refractivity contribution in [2.45, 2.75) is 117 Å². The van der Waals surface area contributed by atoms with E-state index in [1.165, 1.54) is 64.2 Å². The van der Waals surface area contributed by atoms with Gasteiger partial charge in [-0.15, -0.1) is 0 Å². The first-order valence-electron chi connectivity index (χ1n) is 14.4. The van der Waals surface area contributed by atoms with E-state index in [1.807, 2.05) is 0 Å². The zero-order valence-corrected chi connectivity index (χ0v) is 23.5. The highest BCUT2D eigenvalue weighted by atomic mass is 16.5. The molecular weight excluding hydrogens is 452 g/mol. The highest BCUT2D eigenvalue weighted by Gasteiger charge is 2.34. The van der Waals surface area contributed by atoms with Crippen LogP contribution in [0.2, 0.25) is 0 Å². The zero-order valence-electron chi connectivity index (χ0n) is 23.5. The topological polar surface area (TPSA) is 72.8 Å². The Balaban J connectivity index is 1.86. The van der Waals surface area contributed by atoms with Gasteiger partial charge in [-0.25, -0.2) is 9.59 Å². The van der Waals surface area contributed by atoms with Gasteiger partial charge in [-0.05, 0) is 83.0 Å². The van der Waals surface area contributed by atoms with Gasteiger partial charge in [0.2, 0.25) is 0 Å². The van der Waals surface area contributed by atoms with Crippen LogP contribution in [0.4, 0.5) is 0 Å². The molecule has 0 aromatic carbocycles. The molecule has 2 aliphatic carbocycles. The molecule has 206 valence electrons. The van der Waals surface area contributed by atoms with E-state index in [0.29, 0.717) is 11.5 Å². The first kappa shape index (κ1) is 30.6. The number of ether oxygens (including phenoxy) is 2. The lowest BCUT2D eigenvalue weighted by atomic mass is 9.67. The van der Waals surface area contributed by atoms with E-state index < -0.39 is 17.5 Å². The van der Waals surface area contributed by atoms with E-state index in [1.54, 1.807) is 20.8 Å². The average Bonchev–Trinajstić information content (AvgIpc) is 2.83. The Bertz CT molecular complexity index is 718. The number of esters is 2. The normalized spacial score (nSPS) is 25.6. The van der Waals surface area contributed by atoms with Crippen molar-refractivity contribution < 1.29 is 24.2 Å². The predicted octanol–water partition coefficient (Wildman–Crippen LogP) is 7.18. The van der Waals surface area contributed by atoms with Crippen LogP contribution in [0.1, 0.15) is 111 Å². The van der Waals surface area contributed by atoms with Crippen LogP contribution in [-0.4, -0.2) is 35.9 Å². The van der Waals surface area contributed by atoms with Crippen LogP contribution in [0.3, 0.4) is 0 Å². The molecule has 0 bridgehead atoms. The zero-order chi connectivity index (χ0) is 26.7. The molecule has 1 atom stereocenters. The van der Waals surface area contributed by atoms with E-state index in [2.05, 4.69) is 20.1 Å². The quantitative estimate of drug-likeness (QED) is 0.154. The summed E-state index contributed by atoms with van der Waals surface area (Å²) in [6, 6.07) is 0. The fourth-order valence-corrected chi connectivity index (χ4v) is 6.22. The number of carbonyl (C=O) groups is 2. The fourth-order valence-electron chi connectivity index (χ4n) is 6.22. The summed E-state index contributed by atoms with van der Waals surface area (Å²) in [4.78, 5) is 24.5. The minimum atomic E-state index is -1.01. The maximum absolute atomic E-state index is 12.5. The van der Waals surface area contributed by atoms with Gasteiger partial charge in [0.25, 0.3) is 0 Å². The van der Waals surface area contributed by atoms with Crippen LogP contribution in [0.5, 0.6) is 0 Å². The van der Waals surface area contributed by atoms with Crippen LogP contribution in [0, 0.1) is 29.6 Å². The lowest BCUT2D eigenvalue weighted by Crippen LogP contribution is -2.33. The van der Waals surface area contributed by atoms with E-state index in [9.17, 15) is 14.7 Å². The van der Waals surface area contributed by atoms with Crippen molar-refractivity contribution in [2.75, 3.05) is 13.2 Å². The largest absolute Gasteiger partial charge is 0.462 e. The van der Waals surface area contributed by atoms with Crippen LogP contribution in [-0.2, 0) is 19.1 Å². The third kappa shape index (κ3) is 10.8. The minimum absolute atomic E-state index is 0.0394. The molecule has 0 aliphatic heterocycles. The summed E-state index contributed by atoms with van der Waals surface area (Å²) in [7, 11) is 0. The van der Waals surface area contributed by atoms with Gasteiger partial charge in [0, 0.05) is 23.5 Å². The highest BCUT2D eigenvalue weighted by Crippen LogP contribution is 2.43. The Morgan fingerprint density at radius 1 is 0.889 bits per heavy atom. The van der Waals surface area contributed by atoms with Crippen LogP contribution >= 0.6 is 0 Å². The molecule has 0 amide bonds.